The monoisotopic (exact) mass is 460 g/mol. The van der Waals surface area contributed by atoms with Crippen LogP contribution in [0.15, 0.2) is 35.4 Å². The molecule has 10 nitrogen and oxygen atoms in total. The number of ether oxygens (including phenoxy) is 2. The molecule has 0 saturated carbocycles. The highest BCUT2D eigenvalue weighted by Crippen LogP contribution is 2.39. The van der Waals surface area contributed by atoms with Crippen LogP contribution in [0.2, 0.25) is 10.0 Å². The number of rotatable bonds is 6. The van der Waals surface area contributed by atoms with E-state index in [4.69, 9.17) is 38.9 Å². The first-order chi connectivity index (χ1) is 14.8. The quantitative estimate of drug-likeness (QED) is 0.216. The van der Waals surface area contributed by atoms with Gasteiger partial charge in [-0.25, -0.2) is 9.59 Å². The first-order valence-electron chi connectivity index (χ1n) is 8.71. The summed E-state index contributed by atoms with van der Waals surface area (Å²) in [6.45, 7) is 2.01. The van der Waals surface area contributed by atoms with Crippen molar-refractivity contribution in [2.45, 2.75) is 13.3 Å². The molecule has 0 saturated heterocycles. The summed E-state index contributed by atoms with van der Waals surface area (Å²) in [6.07, 6.45) is -0.583. The minimum atomic E-state index is -1.36. The fraction of sp³-hybridized carbons (Fsp3) is 0.105. The number of hydrazone groups is 1. The third-order valence-corrected chi connectivity index (χ3v) is 4.53. The summed E-state index contributed by atoms with van der Waals surface area (Å²) in [4.78, 5) is 22.1. The van der Waals surface area contributed by atoms with E-state index in [1.54, 1.807) is 12.1 Å². The van der Waals surface area contributed by atoms with Crippen LogP contribution in [0, 0.1) is 11.3 Å². The Labute approximate surface area is 185 Å². The number of fused-ring (bicyclic) bond motifs is 1. The summed E-state index contributed by atoms with van der Waals surface area (Å²) in [5, 5.41) is 20.9. The molecule has 12 heteroatoms. The maximum Gasteiger partial charge on any atom is 0.412 e. The fourth-order valence-electron chi connectivity index (χ4n) is 2.59. The van der Waals surface area contributed by atoms with Crippen molar-refractivity contribution in [3.8, 4) is 17.6 Å². The van der Waals surface area contributed by atoms with Crippen molar-refractivity contribution in [2.75, 3.05) is 5.43 Å². The van der Waals surface area contributed by atoms with Crippen molar-refractivity contribution in [3.63, 3.8) is 0 Å². The molecule has 1 amide bonds. The lowest BCUT2D eigenvalue weighted by molar-refractivity contribution is -0.129. The summed E-state index contributed by atoms with van der Waals surface area (Å²) >= 11 is 12.6. The SMILES string of the molecule is CCc1[nH]nc2ccc(Oc3c(Cl)cc(NN=C(C#N)C(=O)OC(N)=O)cc3Cl)cc12. The number of anilines is 1. The van der Waals surface area contributed by atoms with Gasteiger partial charge in [0, 0.05) is 11.1 Å². The van der Waals surface area contributed by atoms with Gasteiger partial charge in [-0.1, -0.05) is 30.1 Å². The van der Waals surface area contributed by atoms with Gasteiger partial charge in [-0.15, -0.1) is 0 Å². The Bertz CT molecular complexity index is 1220. The Morgan fingerprint density at radius 2 is 2.00 bits per heavy atom. The zero-order valence-corrected chi connectivity index (χ0v) is 17.4. The Balaban J connectivity index is 1.82. The molecule has 0 bridgehead atoms. The Kier molecular flexibility index (Phi) is 6.59. The molecule has 0 aliphatic heterocycles. The lowest BCUT2D eigenvalue weighted by Crippen LogP contribution is -2.24. The number of aryl methyl sites for hydroxylation is 1. The van der Waals surface area contributed by atoms with Gasteiger partial charge < -0.3 is 15.2 Å². The molecule has 0 aliphatic rings. The number of carbonyl (C=O) groups is 2. The normalized spacial score (nSPS) is 11.1. The number of primary amides is 1. The van der Waals surface area contributed by atoms with Crippen molar-refractivity contribution in [2.24, 2.45) is 10.8 Å². The molecule has 3 aromatic rings. The average Bonchev–Trinajstić information content (AvgIpc) is 3.13. The lowest BCUT2D eigenvalue weighted by Gasteiger charge is -2.11. The number of esters is 1. The van der Waals surface area contributed by atoms with Crippen molar-refractivity contribution < 1.29 is 19.1 Å². The highest BCUT2D eigenvalue weighted by molar-refractivity contribution is 6.44. The summed E-state index contributed by atoms with van der Waals surface area (Å²) in [5.41, 5.74) is 8.46. The van der Waals surface area contributed by atoms with E-state index in [2.05, 4.69) is 25.5 Å². The van der Waals surface area contributed by atoms with Gasteiger partial charge in [0.25, 0.3) is 0 Å². The van der Waals surface area contributed by atoms with E-state index in [0.717, 1.165) is 23.0 Å². The largest absolute Gasteiger partial charge is 0.454 e. The van der Waals surface area contributed by atoms with E-state index in [0.29, 0.717) is 5.75 Å². The number of nitrogens with one attached hydrogen (secondary N) is 2. The number of hydrogen-bond donors (Lipinski definition) is 3. The van der Waals surface area contributed by atoms with Gasteiger partial charge in [-0.2, -0.15) is 15.5 Å². The van der Waals surface area contributed by atoms with E-state index in [-0.39, 0.29) is 21.5 Å². The number of amides is 1. The minimum absolute atomic E-state index is 0.145. The number of nitrogens with two attached hydrogens (primary N) is 1. The van der Waals surface area contributed by atoms with E-state index < -0.39 is 17.8 Å². The molecule has 0 aliphatic carbocycles. The predicted octanol–water partition coefficient (Wildman–Crippen LogP) is 4.14. The molecular weight excluding hydrogens is 447 g/mol. The molecule has 1 heterocycles. The predicted molar refractivity (Wildman–Crippen MR) is 114 cm³/mol. The standard InChI is InChI=1S/C19H14Cl2N6O4/c1-2-14-11-7-10(3-4-15(11)26-25-14)30-17-12(20)5-9(6-13(17)21)24-27-16(8-22)18(28)31-19(23)29/h3-7,24H,2H2,1H3,(H2,23,29)(H,25,26). The molecule has 158 valence electrons. The van der Waals surface area contributed by atoms with Crippen LogP contribution in [0.25, 0.3) is 10.9 Å². The van der Waals surface area contributed by atoms with Crippen molar-refractivity contribution in [1.82, 2.24) is 10.2 Å². The lowest BCUT2D eigenvalue weighted by atomic mass is 10.2. The Hall–Kier alpha value is -3.81. The number of aromatic amines is 1. The number of nitriles is 1. The van der Waals surface area contributed by atoms with E-state index in [1.165, 1.54) is 18.2 Å². The van der Waals surface area contributed by atoms with E-state index >= 15 is 0 Å². The second-order valence-corrected chi connectivity index (χ2v) is 6.81. The van der Waals surface area contributed by atoms with Gasteiger partial charge in [0.1, 0.15) is 11.8 Å². The summed E-state index contributed by atoms with van der Waals surface area (Å²) < 4.78 is 9.95. The molecule has 0 spiro atoms. The molecule has 0 radical (unpaired) electrons. The molecule has 3 rings (SSSR count). The second-order valence-electron chi connectivity index (χ2n) is 6.00. The number of aromatic nitrogens is 2. The third kappa shape index (κ3) is 5.03. The molecule has 0 unspecified atom stereocenters. The third-order valence-electron chi connectivity index (χ3n) is 3.97. The number of halogens is 2. The van der Waals surface area contributed by atoms with Crippen LogP contribution < -0.4 is 15.9 Å². The molecule has 0 fully saturated rings. The smallest absolute Gasteiger partial charge is 0.412 e. The number of benzene rings is 2. The van der Waals surface area contributed by atoms with Crippen LogP contribution in [-0.4, -0.2) is 28.0 Å². The molecule has 1 aromatic heterocycles. The van der Waals surface area contributed by atoms with Gasteiger partial charge in [-0.05, 0) is 36.8 Å². The van der Waals surface area contributed by atoms with Crippen LogP contribution in [0.3, 0.4) is 0 Å². The van der Waals surface area contributed by atoms with Crippen molar-refractivity contribution in [1.29, 1.82) is 5.26 Å². The van der Waals surface area contributed by atoms with Gasteiger partial charge >= 0.3 is 12.1 Å². The van der Waals surface area contributed by atoms with Crippen LogP contribution in [0.4, 0.5) is 10.5 Å². The number of carbonyl (C=O) groups excluding carboxylic acids is 2. The van der Waals surface area contributed by atoms with E-state index in [1.807, 2.05) is 13.0 Å². The summed E-state index contributed by atoms with van der Waals surface area (Å²) in [6, 6.07) is 9.69. The van der Waals surface area contributed by atoms with Gasteiger partial charge in [-0.3, -0.25) is 10.5 Å². The maximum absolute atomic E-state index is 11.5. The second kappa shape index (κ2) is 9.34. The number of nitrogens with zero attached hydrogens (tertiary/aromatic N) is 3. The fourth-order valence-corrected chi connectivity index (χ4v) is 3.16. The van der Waals surface area contributed by atoms with Gasteiger partial charge in [0.2, 0.25) is 5.71 Å². The molecular formula is C19H14Cl2N6O4. The van der Waals surface area contributed by atoms with Gasteiger partial charge in [0.15, 0.2) is 5.75 Å². The van der Waals surface area contributed by atoms with Crippen LogP contribution >= 0.6 is 23.2 Å². The van der Waals surface area contributed by atoms with Crippen LogP contribution in [-0.2, 0) is 16.0 Å². The maximum atomic E-state index is 11.5. The molecule has 2 aromatic carbocycles. The molecule has 0 atom stereocenters. The first-order valence-corrected chi connectivity index (χ1v) is 9.47. The zero-order valence-electron chi connectivity index (χ0n) is 15.9. The number of H-pyrrole nitrogens is 1. The minimum Gasteiger partial charge on any atom is -0.454 e. The molecule has 4 N–H and O–H groups in total. The zero-order chi connectivity index (χ0) is 22.5. The summed E-state index contributed by atoms with van der Waals surface area (Å²) in [5.74, 6) is -0.597. The highest BCUT2D eigenvalue weighted by Gasteiger charge is 2.17. The van der Waals surface area contributed by atoms with Crippen LogP contribution in [0.1, 0.15) is 12.6 Å². The van der Waals surface area contributed by atoms with Crippen molar-refractivity contribution in [3.05, 3.63) is 46.1 Å². The first kappa shape index (κ1) is 21.9. The molecule has 31 heavy (non-hydrogen) atoms. The van der Waals surface area contributed by atoms with Gasteiger partial charge in [0.05, 0.1) is 21.2 Å². The number of hydrogen-bond acceptors (Lipinski definition) is 8. The Morgan fingerprint density at radius 1 is 1.29 bits per heavy atom. The van der Waals surface area contributed by atoms with E-state index in [9.17, 15) is 9.59 Å². The van der Waals surface area contributed by atoms with Crippen LogP contribution in [0.5, 0.6) is 11.5 Å². The van der Waals surface area contributed by atoms with Crippen molar-refractivity contribution >= 4 is 57.6 Å². The topological polar surface area (TPSA) is 155 Å². The Morgan fingerprint density at radius 3 is 2.61 bits per heavy atom. The highest BCUT2D eigenvalue weighted by atomic mass is 35.5. The summed E-state index contributed by atoms with van der Waals surface area (Å²) in [7, 11) is 0. The average molecular weight is 461 g/mol.